The maximum atomic E-state index is 14.4. The van der Waals surface area contributed by atoms with Gasteiger partial charge >= 0.3 is 0 Å². The average molecular weight is 312 g/mol. The van der Waals surface area contributed by atoms with E-state index in [9.17, 15) is 4.39 Å². The average Bonchev–Trinajstić information content (AvgIpc) is 2.42. The van der Waals surface area contributed by atoms with E-state index in [0.717, 1.165) is 30.9 Å². The Morgan fingerprint density at radius 1 is 1.33 bits per heavy atom. The quantitative estimate of drug-likeness (QED) is 0.816. The first-order valence-electron chi connectivity index (χ1n) is 7.49. The van der Waals surface area contributed by atoms with Crippen LogP contribution in [0.25, 0.3) is 0 Å². The van der Waals surface area contributed by atoms with Gasteiger partial charge in [0.15, 0.2) is 0 Å². The van der Waals surface area contributed by atoms with Gasteiger partial charge in [0.1, 0.15) is 5.82 Å². The van der Waals surface area contributed by atoms with E-state index in [1.165, 1.54) is 0 Å². The number of benzene rings is 1. The number of halogens is 1. The third kappa shape index (κ3) is 4.59. The molecule has 1 aromatic carbocycles. The van der Waals surface area contributed by atoms with Crippen LogP contribution in [-0.2, 0) is 11.3 Å². The molecule has 21 heavy (non-hydrogen) atoms. The van der Waals surface area contributed by atoms with Crippen LogP contribution in [-0.4, -0.2) is 43.9 Å². The topological polar surface area (TPSA) is 24.5 Å². The zero-order chi connectivity index (χ0) is 15.2. The summed E-state index contributed by atoms with van der Waals surface area (Å²) in [5, 5.41) is 4.37. The Morgan fingerprint density at radius 3 is 2.71 bits per heavy atom. The summed E-state index contributed by atoms with van der Waals surface area (Å²) in [6.45, 7) is 8.34. The normalized spacial score (nSPS) is 22.6. The van der Waals surface area contributed by atoms with Crippen molar-refractivity contribution in [2.45, 2.75) is 30.9 Å². The molecule has 1 heterocycles. The molecule has 1 aliphatic rings. The lowest BCUT2D eigenvalue weighted by molar-refractivity contribution is 0.199. The van der Waals surface area contributed by atoms with Crippen LogP contribution >= 0.6 is 11.8 Å². The third-order valence-corrected chi connectivity index (χ3v) is 4.83. The van der Waals surface area contributed by atoms with Gasteiger partial charge in [0.25, 0.3) is 0 Å². The molecular formula is C16H25FN2OS. The van der Waals surface area contributed by atoms with E-state index in [0.29, 0.717) is 23.7 Å². The highest BCUT2D eigenvalue weighted by Gasteiger charge is 2.25. The molecule has 118 valence electrons. The number of ether oxygens (including phenoxy) is 1. The Balaban J connectivity index is 2.13. The van der Waals surface area contributed by atoms with Crippen molar-refractivity contribution >= 4 is 17.4 Å². The summed E-state index contributed by atoms with van der Waals surface area (Å²) in [5.74, 6) is -0.118. The summed E-state index contributed by atoms with van der Waals surface area (Å²) < 4.78 is 19.4. The van der Waals surface area contributed by atoms with Crippen LogP contribution in [0.15, 0.2) is 18.2 Å². The number of anilines is 1. The molecule has 0 saturated carbocycles. The minimum absolute atomic E-state index is 0.118. The summed E-state index contributed by atoms with van der Waals surface area (Å²) in [6, 6.07) is 5.36. The van der Waals surface area contributed by atoms with Gasteiger partial charge in [0.2, 0.25) is 0 Å². The van der Waals surface area contributed by atoms with Gasteiger partial charge in [0, 0.05) is 43.8 Å². The van der Waals surface area contributed by atoms with E-state index in [2.05, 4.69) is 24.1 Å². The van der Waals surface area contributed by atoms with Gasteiger partial charge in [-0.1, -0.05) is 26.0 Å². The molecule has 0 aliphatic carbocycles. The molecule has 1 N–H and O–H groups in total. The summed E-state index contributed by atoms with van der Waals surface area (Å²) >= 11 is 1.98. The van der Waals surface area contributed by atoms with Gasteiger partial charge in [-0.25, -0.2) is 4.39 Å². The van der Waals surface area contributed by atoms with Crippen molar-refractivity contribution in [2.75, 3.05) is 38.3 Å². The predicted molar refractivity (Wildman–Crippen MR) is 88.7 cm³/mol. The lowest BCUT2D eigenvalue weighted by Crippen LogP contribution is -2.41. The minimum Gasteiger partial charge on any atom is -0.383 e. The first-order valence-corrected chi connectivity index (χ1v) is 8.43. The number of nitrogens with zero attached hydrogens (tertiary/aromatic N) is 1. The Hall–Kier alpha value is -0.780. The second kappa shape index (κ2) is 8.01. The van der Waals surface area contributed by atoms with Crippen LogP contribution in [0.2, 0.25) is 0 Å². The maximum Gasteiger partial charge on any atom is 0.146 e. The molecule has 1 saturated heterocycles. The molecule has 1 aliphatic heterocycles. The zero-order valence-corrected chi connectivity index (χ0v) is 13.9. The molecule has 5 heteroatoms. The fraction of sp³-hybridized carbons (Fsp3) is 0.625. The number of hydrogen-bond acceptors (Lipinski definition) is 4. The number of thioether (sulfide) groups is 1. The molecule has 2 rings (SSSR count). The van der Waals surface area contributed by atoms with Gasteiger partial charge in [-0.3, -0.25) is 0 Å². The lowest BCUT2D eigenvalue weighted by atomic mass is 10.1. The fourth-order valence-corrected chi connectivity index (χ4v) is 4.14. The van der Waals surface area contributed by atoms with E-state index in [-0.39, 0.29) is 5.82 Å². The summed E-state index contributed by atoms with van der Waals surface area (Å²) in [4.78, 5) is 2.20. The van der Waals surface area contributed by atoms with Crippen LogP contribution in [0.1, 0.15) is 19.4 Å². The van der Waals surface area contributed by atoms with Gasteiger partial charge < -0.3 is 15.0 Å². The van der Waals surface area contributed by atoms with Crippen molar-refractivity contribution in [2.24, 2.45) is 0 Å². The molecule has 2 unspecified atom stereocenters. The second-order valence-corrected chi connectivity index (χ2v) is 7.46. The van der Waals surface area contributed by atoms with Crippen molar-refractivity contribution in [3.8, 4) is 0 Å². The van der Waals surface area contributed by atoms with Gasteiger partial charge in [0.05, 0.1) is 12.3 Å². The van der Waals surface area contributed by atoms with Crippen molar-refractivity contribution in [3.05, 3.63) is 29.6 Å². The Kier molecular flexibility index (Phi) is 6.33. The number of rotatable bonds is 6. The number of para-hydroxylation sites is 1. The smallest absolute Gasteiger partial charge is 0.146 e. The van der Waals surface area contributed by atoms with E-state index in [4.69, 9.17) is 4.74 Å². The summed E-state index contributed by atoms with van der Waals surface area (Å²) in [7, 11) is 1.68. The predicted octanol–water partition coefficient (Wildman–Crippen LogP) is 2.89. The maximum absolute atomic E-state index is 14.4. The number of methoxy groups -OCH3 is 1. The van der Waals surface area contributed by atoms with Crippen molar-refractivity contribution in [1.82, 2.24) is 5.32 Å². The molecule has 0 spiro atoms. The van der Waals surface area contributed by atoms with E-state index in [1.54, 1.807) is 19.2 Å². The lowest BCUT2D eigenvalue weighted by Gasteiger charge is -2.37. The van der Waals surface area contributed by atoms with Crippen LogP contribution in [0, 0.1) is 5.82 Å². The molecule has 0 amide bonds. The highest BCUT2D eigenvalue weighted by atomic mass is 32.2. The zero-order valence-electron chi connectivity index (χ0n) is 13.1. The first kappa shape index (κ1) is 16.6. The van der Waals surface area contributed by atoms with E-state index >= 15 is 0 Å². The molecule has 3 nitrogen and oxygen atoms in total. The highest BCUT2D eigenvalue weighted by Crippen LogP contribution is 2.32. The number of hydrogen-bond donors (Lipinski definition) is 1. The Labute approximate surface area is 131 Å². The van der Waals surface area contributed by atoms with Crippen LogP contribution in [0.3, 0.4) is 0 Å². The molecule has 1 fully saturated rings. The van der Waals surface area contributed by atoms with Gasteiger partial charge in [-0.2, -0.15) is 11.8 Å². The van der Waals surface area contributed by atoms with E-state index < -0.39 is 0 Å². The monoisotopic (exact) mass is 312 g/mol. The molecule has 0 bridgehead atoms. The SMILES string of the molecule is COCCNCc1cccc(F)c1N1CC(C)SC(C)C1. The highest BCUT2D eigenvalue weighted by molar-refractivity contribution is 8.00. The second-order valence-electron chi connectivity index (χ2n) is 5.58. The third-order valence-electron chi connectivity index (χ3n) is 3.60. The van der Waals surface area contributed by atoms with Gasteiger partial charge in [-0.15, -0.1) is 0 Å². The largest absolute Gasteiger partial charge is 0.383 e. The van der Waals surface area contributed by atoms with Crippen LogP contribution in [0.5, 0.6) is 0 Å². The van der Waals surface area contributed by atoms with Crippen molar-refractivity contribution < 1.29 is 9.13 Å². The van der Waals surface area contributed by atoms with Crippen LogP contribution < -0.4 is 10.2 Å². The van der Waals surface area contributed by atoms with E-state index in [1.807, 2.05) is 17.8 Å². The fourth-order valence-electron chi connectivity index (χ4n) is 2.81. The van der Waals surface area contributed by atoms with Gasteiger partial charge in [-0.05, 0) is 11.6 Å². The van der Waals surface area contributed by atoms with Crippen LogP contribution in [0.4, 0.5) is 10.1 Å². The summed E-state index contributed by atoms with van der Waals surface area (Å²) in [5.41, 5.74) is 1.79. The Morgan fingerprint density at radius 2 is 2.05 bits per heavy atom. The molecular weight excluding hydrogens is 287 g/mol. The number of nitrogens with one attached hydrogen (secondary N) is 1. The minimum atomic E-state index is -0.118. The molecule has 1 aromatic rings. The van der Waals surface area contributed by atoms with Crippen molar-refractivity contribution in [3.63, 3.8) is 0 Å². The molecule has 0 radical (unpaired) electrons. The van der Waals surface area contributed by atoms with Crippen molar-refractivity contribution in [1.29, 1.82) is 0 Å². The Bertz CT molecular complexity index is 448. The summed E-state index contributed by atoms with van der Waals surface area (Å²) in [6.07, 6.45) is 0. The molecule has 2 atom stereocenters. The first-order chi connectivity index (χ1) is 10.1. The molecule has 0 aromatic heterocycles. The standard InChI is InChI=1S/C16H25FN2OS/c1-12-10-19(11-13(2)21-12)16-14(5-4-6-15(16)17)9-18-7-8-20-3/h4-6,12-13,18H,7-11H2,1-3H3.